The Labute approximate surface area is 114 Å². The highest BCUT2D eigenvalue weighted by molar-refractivity contribution is 7.07. The van der Waals surface area contributed by atoms with Crippen molar-refractivity contribution in [3.63, 3.8) is 0 Å². The van der Waals surface area contributed by atoms with Crippen LogP contribution in [0.1, 0.15) is 16.8 Å². The number of H-pyrrole nitrogens is 1. The number of thiazole rings is 1. The van der Waals surface area contributed by atoms with Crippen molar-refractivity contribution in [3.05, 3.63) is 56.1 Å². The summed E-state index contributed by atoms with van der Waals surface area (Å²) in [6.45, 7) is 0.754. The van der Waals surface area contributed by atoms with E-state index in [1.165, 1.54) is 0 Å². The van der Waals surface area contributed by atoms with Gasteiger partial charge in [0.2, 0.25) is 5.91 Å². The van der Waals surface area contributed by atoms with Crippen LogP contribution in [-0.4, -0.2) is 10.9 Å². The second-order valence-electron chi connectivity index (χ2n) is 4.10. The molecule has 0 saturated heterocycles. The smallest absolute Gasteiger partial charge is 0.304 e. The lowest BCUT2D eigenvalue weighted by molar-refractivity contribution is -0.120. The standard InChI is InChI=1S/C13H15N3O2S/c14-6-10-4-2-1-3-9(10)5-12(17)15-7-11-8-19-13(18)16-11/h1-4,8H,5-7,14H2,(H,15,17)(H,16,18). The third-order valence-electron chi connectivity index (χ3n) is 2.74. The molecule has 4 N–H and O–H groups in total. The summed E-state index contributed by atoms with van der Waals surface area (Å²) in [5.74, 6) is -0.0899. The first kappa shape index (κ1) is 13.5. The predicted molar refractivity (Wildman–Crippen MR) is 74.8 cm³/mol. The fraction of sp³-hybridized carbons (Fsp3) is 0.231. The molecule has 6 heteroatoms. The molecular weight excluding hydrogens is 262 g/mol. The van der Waals surface area contributed by atoms with E-state index >= 15 is 0 Å². The number of nitrogens with two attached hydrogens (primary N) is 1. The second-order valence-corrected chi connectivity index (χ2v) is 4.94. The molecule has 0 aliphatic heterocycles. The molecule has 0 radical (unpaired) electrons. The van der Waals surface area contributed by atoms with Crippen LogP contribution in [0.4, 0.5) is 0 Å². The number of hydrogen-bond donors (Lipinski definition) is 3. The van der Waals surface area contributed by atoms with Gasteiger partial charge in [0.1, 0.15) is 0 Å². The van der Waals surface area contributed by atoms with Crippen LogP contribution in [0.15, 0.2) is 34.4 Å². The number of aromatic amines is 1. The zero-order chi connectivity index (χ0) is 13.7. The van der Waals surface area contributed by atoms with Crippen molar-refractivity contribution in [3.8, 4) is 0 Å². The molecule has 5 nitrogen and oxygen atoms in total. The van der Waals surface area contributed by atoms with Crippen molar-refractivity contribution in [2.24, 2.45) is 5.73 Å². The number of carbonyl (C=O) groups excluding carboxylic acids is 1. The number of rotatable bonds is 5. The van der Waals surface area contributed by atoms with E-state index in [0.29, 0.717) is 19.5 Å². The zero-order valence-electron chi connectivity index (χ0n) is 10.3. The summed E-state index contributed by atoms with van der Waals surface area (Å²) >= 11 is 1.09. The highest BCUT2D eigenvalue weighted by atomic mass is 32.1. The van der Waals surface area contributed by atoms with Gasteiger partial charge in [-0.05, 0) is 11.1 Å². The molecule has 0 aliphatic carbocycles. The fourth-order valence-corrected chi connectivity index (χ4v) is 2.34. The number of nitrogens with one attached hydrogen (secondary N) is 2. The van der Waals surface area contributed by atoms with Crippen molar-refractivity contribution >= 4 is 17.2 Å². The van der Waals surface area contributed by atoms with Crippen molar-refractivity contribution < 1.29 is 4.79 Å². The van der Waals surface area contributed by atoms with Crippen LogP contribution in [0.5, 0.6) is 0 Å². The summed E-state index contributed by atoms with van der Waals surface area (Å²) in [7, 11) is 0. The monoisotopic (exact) mass is 277 g/mol. The minimum Gasteiger partial charge on any atom is -0.350 e. The average Bonchev–Trinajstić information content (AvgIpc) is 2.83. The Kier molecular flexibility index (Phi) is 4.48. The number of aromatic nitrogens is 1. The molecule has 1 aromatic heterocycles. The predicted octanol–water partition coefficient (Wildman–Crippen LogP) is 0.754. The molecule has 1 amide bonds. The molecule has 0 saturated carbocycles. The molecule has 2 aromatic rings. The van der Waals surface area contributed by atoms with Crippen LogP contribution in [-0.2, 0) is 24.3 Å². The lowest BCUT2D eigenvalue weighted by atomic mass is 10.0. The fourth-order valence-electron chi connectivity index (χ4n) is 1.76. The van der Waals surface area contributed by atoms with Crippen LogP contribution in [0.2, 0.25) is 0 Å². The van der Waals surface area contributed by atoms with E-state index in [0.717, 1.165) is 28.2 Å². The summed E-state index contributed by atoms with van der Waals surface area (Å²) in [6, 6.07) is 7.60. The van der Waals surface area contributed by atoms with Crippen molar-refractivity contribution in [1.82, 2.24) is 10.3 Å². The van der Waals surface area contributed by atoms with Crippen LogP contribution in [0.25, 0.3) is 0 Å². The van der Waals surface area contributed by atoms with E-state index in [1.54, 1.807) is 5.38 Å². The van der Waals surface area contributed by atoms with Crippen LogP contribution in [0.3, 0.4) is 0 Å². The summed E-state index contributed by atoms with van der Waals surface area (Å²) in [5.41, 5.74) is 8.25. The topological polar surface area (TPSA) is 88.0 Å². The van der Waals surface area contributed by atoms with E-state index in [4.69, 9.17) is 5.73 Å². The van der Waals surface area contributed by atoms with E-state index in [2.05, 4.69) is 10.3 Å². The lowest BCUT2D eigenvalue weighted by Gasteiger charge is -2.07. The molecule has 0 unspecified atom stereocenters. The third-order valence-corrected chi connectivity index (χ3v) is 3.45. The maximum Gasteiger partial charge on any atom is 0.304 e. The van der Waals surface area contributed by atoms with Gasteiger partial charge in [-0.15, -0.1) is 0 Å². The molecule has 0 spiro atoms. The van der Waals surface area contributed by atoms with Gasteiger partial charge in [0.15, 0.2) is 0 Å². The summed E-state index contributed by atoms with van der Waals surface area (Å²) < 4.78 is 0. The molecule has 0 aliphatic rings. The highest BCUT2D eigenvalue weighted by Crippen LogP contribution is 2.08. The van der Waals surface area contributed by atoms with Crippen LogP contribution >= 0.6 is 11.3 Å². The van der Waals surface area contributed by atoms with E-state index in [9.17, 15) is 9.59 Å². The Morgan fingerprint density at radius 2 is 2.05 bits per heavy atom. The summed E-state index contributed by atoms with van der Waals surface area (Å²) in [4.78, 5) is 25.3. The minimum absolute atomic E-state index is 0.0899. The first-order valence-electron chi connectivity index (χ1n) is 5.89. The molecule has 1 aromatic carbocycles. The van der Waals surface area contributed by atoms with Gasteiger partial charge in [-0.2, -0.15) is 0 Å². The molecule has 0 atom stereocenters. The third kappa shape index (κ3) is 3.77. The maximum absolute atomic E-state index is 11.8. The highest BCUT2D eigenvalue weighted by Gasteiger charge is 2.07. The average molecular weight is 277 g/mol. The minimum atomic E-state index is -0.113. The molecule has 100 valence electrons. The van der Waals surface area contributed by atoms with Gasteiger partial charge in [-0.1, -0.05) is 35.6 Å². The molecule has 2 rings (SSSR count). The van der Waals surface area contributed by atoms with Gasteiger partial charge in [-0.25, -0.2) is 0 Å². The summed E-state index contributed by atoms with van der Waals surface area (Å²) in [6.07, 6.45) is 0.293. The van der Waals surface area contributed by atoms with Crippen molar-refractivity contribution in [2.45, 2.75) is 19.5 Å². The molecular formula is C13H15N3O2S. The van der Waals surface area contributed by atoms with Crippen molar-refractivity contribution in [2.75, 3.05) is 0 Å². The van der Waals surface area contributed by atoms with Gasteiger partial charge in [0.25, 0.3) is 0 Å². The van der Waals surface area contributed by atoms with Gasteiger partial charge in [-0.3, -0.25) is 9.59 Å². The Balaban J connectivity index is 1.92. The summed E-state index contributed by atoms with van der Waals surface area (Å²) in [5, 5.41) is 4.47. The van der Waals surface area contributed by atoms with E-state index < -0.39 is 0 Å². The van der Waals surface area contributed by atoms with E-state index in [1.807, 2.05) is 24.3 Å². The van der Waals surface area contributed by atoms with Gasteiger partial charge in [0, 0.05) is 17.6 Å². The van der Waals surface area contributed by atoms with Crippen LogP contribution < -0.4 is 15.9 Å². The van der Waals surface area contributed by atoms with Crippen molar-refractivity contribution in [1.29, 1.82) is 0 Å². The van der Waals surface area contributed by atoms with Gasteiger partial charge < -0.3 is 16.0 Å². The molecule has 0 fully saturated rings. The molecule has 1 heterocycles. The maximum atomic E-state index is 11.8. The Hall–Kier alpha value is -1.92. The van der Waals surface area contributed by atoms with Gasteiger partial charge in [0.05, 0.1) is 13.0 Å². The first-order valence-corrected chi connectivity index (χ1v) is 6.77. The SMILES string of the molecule is NCc1ccccc1CC(=O)NCc1csc(=O)[nH]1. The second kappa shape index (κ2) is 6.31. The number of carbonyl (C=O) groups is 1. The Morgan fingerprint density at radius 3 is 2.68 bits per heavy atom. The quantitative estimate of drug-likeness (QED) is 0.753. The first-order chi connectivity index (χ1) is 9.19. The number of benzene rings is 1. The van der Waals surface area contributed by atoms with Gasteiger partial charge >= 0.3 is 4.87 Å². The largest absolute Gasteiger partial charge is 0.350 e. The molecule has 0 bridgehead atoms. The zero-order valence-corrected chi connectivity index (χ0v) is 11.1. The van der Waals surface area contributed by atoms with Crippen LogP contribution in [0, 0.1) is 0 Å². The number of amides is 1. The molecule has 19 heavy (non-hydrogen) atoms. The Morgan fingerprint density at radius 1 is 1.32 bits per heavy atom. The lowest BCUT2D eigenvalue weighted by Crippen LogP contribution is -2.25. The number of hydrogen-bond acceptors (Lipinski definition) is 4. The van der Waals surface area contributed by atoms with E-state index in [-0.39, 0.29) is 10.8 Å². The normalized spacial score (nSPS) is 10.4. The Bertz CT molecular complexity index is 618.